The van der Waals surface area contributed by atoms with Crippen molar-refractivity contribution in [1.29, 1.82) is 0 Å². The van der Waals surface area contributed by atoms with Gasteiger partial charge in [0.15, 0.2) is 0 Å². The first-order valence-electron chi connectivity index (χ1n) is 7.54. The molecule has 3 aromatic rings. The minimum absolute atomic E-state index is 0.283. The van der Waals surface area contributed by atoms with Crippen LogP contribution >= 0.6 is 0 Å². The molecule has 1 unspecified atom stereocenters. The van der Waals surface area contributed by atoms with Crippen molar-refractivity contribution in [3.8, 4) is 0 Å². The van der Waals surface area contributed by atoms with E-state index in [4.69, 9.17) is 0 Å². The zero-order valence-electron chi connectivity index (χ0n) is 12.7. The molecule has 0 aromatic carbocycles. The van der Waals surface area contributed by atoms with Crippen LogP contribution in [0.15, 0.2) is 67.0 Å². The van der Waals surface area contributed by atoms with Gasteiger partial charge in [-0.05, 0) is 56.2 Å². The van der Waals surface area contributed by atoms with E-state index in [9.17, 15) is 0 Å². The zero-order chi connectivity index (χ0) is 15.2. The molecular weight excluding hydrogens is 270 g/mol. The first-order valence-corrected chi connectivity index (χ1v) is 7.54. The number of pyridine rings is 3. The third-order valence-electron chi connectivity index (χ3n) is 3.69. The molecule has 0 fully saturated rings. The molecule has 3 heteroatoms. The van der Waals surface area contributed by atoms with Gasteiger partial charge in [0.25, 0.3) is 0 Å². The first-order chi connectivity index (χ1) is 10.8. The lowest BCUT2D eigenvalue weighted by Crippen LogP contribution is -2.10. The van der Waals surface area contributed by atoms with Gasteiger partial charge in [0.05, 0.1) is 0 Å². The van der Waals surface area contributed by atoms with Gasteiger partial charge in [-0.3, -0.25) is 15.0 Å². The van der Waals surface area contributed by atoms with Crippen LogP contribution in [0.2, 0.25) is 0 Å². The van der Waals surface area contributed by atoms with Crippen molar-refractivity contribution < 1.29 is 0 Å². The average molecular weight is 289 g/mol. The van der Waals surface area contributed by atoms with Gasteiger partial charge >= 0.3 is 0 Å². The van der Waals surface area contributed by atoms with Crippen LogP contribution in [0, 0.1) is 6.92 Å². The zero-order valence-corrected chi connectivity index (χ0v) is 12.7. The Balaban J connectivity index is 1.86. The highest BCUT2D eigenvalue weighted by atomic mass is 14.7. The second kappa shape index (κ2) is 6.94. The van der Waals surface area contributed by atoms with Gasteiger partial charge in [-0.25, -0.2) is 0 Å². The maximum Gasteiger partial charge on any atom is 0.0442 e. The van der Waals surface area contributed by atoms with Gasteiger partial charge in [-0.2, -0.15) is 0 Å². The summed E-state index contributed by atoms with van der Waals surface area (Å²) in [5.41, 5.74) is 4.34. The van der Waals surface area contributed by atoms with E-state index < -0.39 is 0 Å². The van der Waals surface area contributed by atoms with Crippen LogP contribution in [0.4, 0.5) is 0 Å². The molecule has 0 radical (unpaired) electrons. The fourth-order valence-electron chi connectivity index (χ4n) is 2.64. The number of aromatic nitrogens is 3. The third-order valence-corrected chi connectivity index (χ3v) is 3.69. The standard InChI is InChI=1S/C19H19N3/c1-15-7-6-9-18(22-15)14-16(19-10-3-5-12-21-19)13-17-8-2-4-11-20-17/h2-12,16H,13-14H2,1H3. The van der Waals surface area contributed by atoms with E-state index in [-0.39, 0.29) is 5.92 Å². The molecule has 0 aliphatic rings. The van der Waals surface area contributed by atoms with Gasteiger partial charge in [0.2, 0.25) is 0 Å². The lowest BCUT2D eigenvalue weighted by Gasteiger charge is -2.16. The van der Waals surface area contributed by atoms with Crippen LogP contribution in [-0.4, -0.2) is 15.0 Å². The molecule has 0 amide bonds. The van der Waals surface area contributed by atoms with Crippen molar-refractivity contribution >= 4 is 0 Å². The molecule has 0 aliphatic heterocycles. The minimum atomic E-state index is 0.283. The van der Waals surface area contributed by atoms with Crippen molar-refractivity contribution in [2.24, 2.45) is 0 Å². The summed E-state index contributed by atoms with van der Waals surface area (Å²) in [6.07, 6.45) is 5.43. The summed E-state index contributed by atoms with van der Waals surface area (Å²) in [5.74, 6) is 0.283. The Morgan fingerprint density at radius 1 is 0.773 bits per heavy atom. The summed E-state index contributed by atoms with van der Waals surface area (Å²) in [7, 11) is 0. The highest BCUT2D eigenvalue weighted by Gasteiger charge is 2.16. The number of aryl methyl sites for hydroxylation is 1. The molecule has 0 saturated carbocycles. The molecule has 3 aromatic heterocycles. The second-order valence-electron chi connectivity index (χ2n) is 5.45. The summed E-state index contributed by atoms with van der Waals surface area (Å²) < 4.78 is 0. The Morgan fingerprint density at radius 3 is 2.18 bits per heavy atom. The molecule has 3 nitrogen and oxygen atoms in total. The van der Waals surface area contributed by atoms with Crippen molar-refractivity contribution in [3.63, 3.8) is 0 Å². The van der Waals surface area contributed by atoms with E-state index in [0.29, 0.717) is 0 Å². The molecule has 3 heterocycles. The van der Waals surface area contributed by atoms with Crippen molar-refractivity contribution in [1.82, 2.24) is 15.0 Å². The fourth-order valence-corrected chi connectivity index (χ4v) is 2.64. The van der Waals surface area contributed by atoms with Gasteiger partial charge in [0.1, 0.15) is 0 Å². The number of hydrogen-bond acceptors (Lipinski definition) is 3. The highest BCUT2D eigenvalue weighted by Crippen LogP contribution is 2.22. The molecular formula is C19H19N3. The van der Waals surface area contributed by atoms with Crippen LogP contribution in [0.3, 0.4) is 0 Å². The molecule has 110 valence electrons. The van der Waals surface area contributed by atoms with Crippen molar-refractivity contribution in [2.45, 2.75) is 25.7 Å². The van der Waals surface area contributed by atoms with Crippen LogP contribution in [-0.2, 0) is 12.8 Å². The lowest BCUT2D eigenvalue weighted by molar-refractivity contribution is 0.637. The van der Waals surface area contributed by atoms with Gasteiger partial charge in [-0.15, -0.1) is 0 Å². The SMILES string of the molecule is Cc1cccc(CC(Cc2ccccn2)c2ccccn2)n1. The van der Waals surface area contributed by atoms with E-state index in [1.54, 1.807) is 0 Å². The summed E-state index contributed by atoms with van der Waals surface area (Å²) in [4.78, 5) is 13.6. The van der Waals surface area contributed by atoms with Crippen LogP contribution < -0.4 is 0 Å². The van der Waals surface area contributed by atoms with E-state index in [1.165, 1.54) is 0 Å². The second-order valence-corrected chi connectivity index (χ2v) is 5.45. The molecule has 0 spiro atoms. The van der Waals surface area contributed by atoms with Gasteiger partial charge in [-0.1, -0.05) is 18.2 Å². The Hall–Kier alpha value is -2.55. The molecule has 0 N–H and O–H groups in total. The largest absolute Gasteiger partial charge is 0.261 e. The smallest absolute Gasteiger partial charge is 0.0442 e. The number of hydrogen-bond donors (Lipinski definition) is 0. The van der Waals surface area contributed by atoms with Crippen molar-refractivity contribution in [3.05, 3.63) is 89.8 Å². The Labute approximate surface area is 131 Å². The Bertz CT molecular complexity index is 711. The predicted octanol–water partition coefficient (Wildman–Crippen LogP) is 3.75. The topological polar surface area (TPSA) is 38.7 Å². The normalized spacial score (nSPS) is 12.0. The molecule has 0 aliphatic carbocycles. The van der Waals surface area contributed by atoms with Gasteiger partial charge in [0, 0.05) is 41.1 Å². The molecule has 3 rings (SSSR count). The third kappa shape index (κ3) is 3.76. The maximum absolute atomic E-state index is 4.63. The van der Waals surface area contributed by atoms with E-state index in [2.05, 4.69) is 39.2 Å². The van der Waals surface area contributed by atoms with E-state index in [1.807, 2.05) is 49.6 Å². The molecule has 1 atom stereocenters. The molecule has 0 saturated heterocycles. The molecule has 22 heavy (non-hydrogen) atoms. The summed E-state index contributed by atoms with van der Waals surface area (Å²) in [5, 5.41) is 0. The lowest BCUT2D eigenvalue weighted by atomic mass is 9.93. The van der Waals surface area contributed by atoms with E-state index >= 15 is 0 Å². The number of nitrogens with zero attached hydrogens (tertiary/aromatic N) is 3. The predicted molar refractivity (Wildman–Crippen MR) is 87.6 cm³/mol. The van der Waals surface area contributed by atoms with Crippen LogP contribution in [0.5, 0.6) is 0 Å². The van der Waals surface area contributed by atoms with Crippen molar-refractivity contribution in [2.75, 3.05) is 0 Å². The fraction of sp³-hybridized carbons (Fsp3) is 0.211. The highest BCUT2D eigenvalue weighted by molar-refractivity contribution is 5.19. The average Bonchev–Trinajstić information content (AvgIpc) is 2.56. The maximum atomic E-state index is 4.63. The monoisotopic (exact) mass is 289 g/mol. The van der Waals surface area contributed by atoms with Gasteiger partial charge < -0.3 is 0 Å². The van der Waals surface area contributed by atoms with E-state index in [0.717, 1.165) is 35.6 Å². The first kappa shape index (κ1) is 14.4. The van der Waals surface area contributed by atoms with Crippen LogP contribution in [0.25, 0.3) is 0 Å². The Morgan fingerprint density at radius 2 is 1.50 bits per heavy atom. The summed E-state index contributed by atoms with van der Waals surface area (Å²) in [6.45, 7) is 2.03. The quantitative estimate of drug-likeness (QED) is 0.718. The summed E-state index contributed by atoms with van der Waals surface area (Å²) >= 11 is 0. The number of rotatable bonds is 5. The summed E-state index contributed by atoms with van der Waals surface area (Å²) in [6, 6.07) is 18.3. The minimum Gasteiger partial charge on any atom is -0.261 e. The molecule has 0 bridgehead atoms. The van der Waals surface area contributed by atoms with Crippen LogP contribution in [0.1, 0.15) is 28.7 Å². The Kier molecular flexibility index (Phi) is 4.54.